The lowest BCUT2D eigenvalue weighted by molar-refractivity contribution is 0.0967. The van der Waals surface area contributed by atoms with Crippen molar-refractivity contribution in [3.05, 3.63) is 47.6 Å². The van der Waals surface area contributed by atoms with Crippen LogP contribution in [0.5, 0.6) is 0 Å². The van der Waals surface area contributed by atoms with E-state index in [0.717, 1.165) is 37.7 Å². The number of hydrogen-bond donors (Lipinski definition) is 3. The largest absolute Gasteiger partial charge is 0.393 e. The third kappa shape index (κ3) is 5.92. The third-order valence-electron chi connectivity index (χ3n) is 6.79. The van der Waals surface area contributed by atoms with Crippen molar-refractivity contribution in [3.8, 4) is 0 Å². The Labute approximate surface area is 171 Å². The summed E-state index contributed by atoms with van der Waals surface area (Å²) in [6.07, 6.45) is 12.5. The molecular formula is C25H40O3. The fourth-order valence-electron chi connectivity index (χ4n) is 5.16. The standard InChI is InChI=1S/C25H40O3/c1-17(2)24-22-10-9-20(16-26)14-21(27)13-19(4)8-6-7-18(3)11-12-25(22,5)15-23(24)28/h8-10,14,17,21-24,26-28H,3,6-7,11-13,15-16H2,1-2,4-5H3/b10-9+,19-8-,20-14-/t21?,22-,23-,24+,25-/m1/s1. The predicted octanol–water partition coefficient (Wildman–Crippen LogP) is 4.95. The minimum Gasteiger partial charge on any atom is -0.393 e. The Morgan fingerprint density at radius 2 is 1.96 bits per heavy atom. The highest BCUT2D eigenvalue weighted by Gasteiger charge is 2.49. The molecule has 5 atom stereocenters. The molecule has 1 saturated carbocycles. The second kappa shape index (κ2) is 10.0. The van der Waals surface area contributed by atoms with Crippen LogP contribution in [0.3, 0.4) is 0 Å². The SMILES string of the molecule is C=C1CC/C=C(/C)CC(O)/C=C(CO)/C=C/[C@@H]2[C@H](C(C)C)[C@H](O)C[C@@]2(C)CC1. The highest BCUT2D eigenvalue weighted by molar-refractivity contribution is 5.24. The van der Waals surface area contributed by atoms with Crippen LogP contribution in [-0.4, -0.2) is 34.1 Å². The Balaban J connectivity index is 2.39. The molecule has 158 valence electrons. The maximum atomic E-state index is 10.8. The molecule has 0 aromatic carbocycles. The normalized spacial score (nSPS) is 40.6. The van der Waals surface area contributed by atoms with E-state index in [1.807, 2.05) is 13.0 Å². The van der Waals surface area contributed by atoms with Crippen LogP contribution in [0, 0.1) is 23.2 Å². The van der Waals surface area contributed by atoms with Gasteiger partial charge in [0.1, 0.15) is 0 Å². The molecule has 0 spiro atoms. The predicted molar refractivity (Wildman–Crippen MR) is 117 cm³/mol. The molecule has 1 fully saturated rings. The highest BCUT2D eigenvalue weighted by atomic mass is 16.3. The van der Waals surface area contributed by atoms with E-state index in [0.29, 0.717) is 12.3 Å². The molecule has 3 heteroatoms. The van der Waals surface area contributed by atoms with Crippen molar-refractivity contribution in [1.82, 2.24) is 0 Å². The lowest BCUT2D eigenvalue weighted by atomic mass is 9.71. The zero-order valence-electron chi connectivity index (χ0n) is 18.2. The van der Waals surface area contributed by atoms with Gasteiger partial charge >= 0.3 is 0 Å². The molecule has 2 aliphatic carbocycles. The number of fused-ring (bicyclic) bond motifs is 1. The first-order valence-corrected chi connectivity index (χ1v) is 10.8. The van der Waals surface area contributed by atoms with Crippen molar-refractivity contribution >= 4 is 0 Å². The first-order chi connectivity index (χ1) is 13.2. The van der Waals surface area contributed by atoms with E-state index in [1.165, 1.54) is 11.1 Å². The summed E-state index contributed by atoms with van der Waals surface area (Å²) in [5, 5.41) is 31.0. The van der Waals surface area contributed by atoms with Gasteiger partial charge in [0.2, 0.25) is 0 Å². The number of allylic oxidation sites excluding steroid dienone is 3. The molecule has 28 heavy (non-hydrogen) atoms. The van der Waals surface area contributed by atoms with Gasteiger partial charge in [-0.05, 0) is 74.2 Å². The molecule has 0 radical (unpaired) electrons. The van der Waals surface area contributed by atoms with Crippen LogP contribution in [0.25, 0.3) is 0 Å². The van der Waals surface area contributed by atoms with E-state index < -0.39 is 6.10 Å². The average molecular weight is 389 g/mol. The van der Waals surface area contributed by atoms with Crippen molar-refractivity contribution in [2.45, 2.75) is 78.4 Å². The smallest absolute Gasteiger partial charge is 0.0764 e. The zero-order chi connectivity index (χ0) is 20.9. The lowest BCUT2D eigenvalue weighted by Crippen LogP contribution is -2.28. The Bertz CT molecular complexity index is 628. The van der Waals surface area contributed by atoms with Crippen LogP contribution < -0.4 is 0 Å². The minimum atomic E-state index is -0.599. The molecule has 0 aromatic rings. The number of aliphatic hydroxyl groups excluding tert-OH is 3. The molecule has 0 amide bonds. The van der Waals surface area contributed by atoms with Crippen molar-refractivity contribution in [2.24, 2.45) is 23.2 Å². The molecule has 2 aliphatic rings. The Morgan fingerprint density at radius 1 is 1.25 bits per heavy atom. The van der Waals surface area contributed by atoms with Crippen LogP contribution in [0.1, 0.15) is 66.2 Å². The summed E-state index contributed by atoms with van der Waals surface area (Å²) in [7, 11) is 0. The van der Waals surface area contributed by atoms with Crippen molar-refractivity contribution in [2.75, 3.05) is 6.61 Å². The summed E-state index contributed by atoms with van der Waals surface area (Å²) in [6.45, 7) is 12.9. The highest BCUT2D eigenvalue weighted by Crippen LogP contribution is 2.53. The van der Waals surface area contributed by atoms with Gasteiger partial charge in [-0.1, -0.05) is 62.8 Å². The maximum absolute atomic E-state index is 10.8. The van der Waals surface area contributed by atoms with Crippen LogP contribution >= 0.6 is 0 Å². The molecule has 0 heterocycles. The summed E-state index contributed by atoms with van der Waals surface area (Å²) in [6, 6.07) is 0. The monoisotopic (exact) mass is 388 g/mol. The van der Waals surface area contributed by atoms with E-state index in [4.69, 9.17) is 0 Å². The van der Waals surface area contributed by atoms with Gasteiger partial charge in [0.25, 0.3) is 0 Å². The first kappa shape index (κ1) is 23.1. The molecule has 1 unspecified atom stereocenters. The Kier molecular flexibility index (Phi) is 8.30. The van der Waals surface area contributed by atoms with Crippen molar-refractivity contribution in [3.63, 3.8) is 0 Å². The summed E-state index contributed by atoms with van der Waals surface area (Å²) in [5.74, 6) is 0.835. The van der Waals surface area contributed by atoms with E-state index >= 15 is 0 Å². The molecule has 3 nitrogen and oxygen atoms in total. The zero-order valence-corrected chi connectivity index (χ0v) is 18.2. The molecule has 0 saturated heterocycles. The maximum Gasteiger partial charge on any atom is 0.0764 e. The summed E-state index contributed by atoms with van der Waals surface area (Å²) in [4.78, 5) is 0. The Morgan fingerprint density at radius 3 is 2.61 bits per heavy atom. The summed E-state index contributed by atoms with van der Waals surface area (Å²) in [5.41, 5.74) is 3.18. The number of aliphatic hydroxyl groups is 3. The third-order valence-corrected chi connectivity index (χ3v) is 6.79. The van der Waals surface area contributed by atoms with Crippen molar-refractivity contribution in [1.29, 1.82) is 0 Å². The molecule has 0 aromatic heterocycles. The van der Waals surface area contributed by atoms with Gasteiger partial charge in [0, 0.05) is 0 Å². The second-order valence-electron chi connectivity index (χ2n) is 9.64. The van der Waals surface area contributed by atoms with Crippen molar-refractivity contribution < 1.29 is 15.3 Å². The van der Waals surface area contributed by atoms with Gasteiger partial charge in [-0.15, -0.1) is 0 Å². The fraction of sp³-hybridized carbons (Fsp3) is 0.680. The van der Waals surface area contributed by atoms with Gasteiger partial charge < -0.3 is 15.3 Å². The van der Waals surface area contributed by atoms with Gasteiger partial charge in [0.15, 0.2) is 0 Å². The van der Waals surface area contributed by atoms with Crippen LogP contribution in [0.15, 0.2) is 47.6 Å². The van der Waals surface area contributed by atoms with E-state index in [9.17, 15) is 15.3 Å². The molecule has 2 rings (SSSR count). The number of rotatable bonds is 2. The lowest BCUT2D eigenvalue weighted by Gasteiger charge is -2.34. The van der Waals surface area contributed by atoms with E-state index in [2.05, 4.69) is 39.5 Å². The van der Waals surface area contributed by atoms with Crippen LogP contribution in [0.2, 0.25) is 0 Å². The van der Waals surface area contributed by atoms with Crippen LogP contribution in [-0.2, 0) is 0 Å². The minimum absolute atomic E-state index is 0.0128. The summed E-state index contributed by atoms with van der Waals surface area (Å²) >= 11 is 0. The molecule has 0 aliphatic heterocycles. The first-order valence-electron chi connectivity index (χ1n) is 10.8. The topological polar surface area (TPSA) is 60.7 Å². The Hall–Kier alpha value is -1.16. The van der Waals surface area contributed by atoms with E-state index in [1.54, 1.807) is 6.08 Å². The van der Waals surface area contributed by atoms with Gasteiger partial charge in [-0.2, -0.15) is 0 Å². The number of hydrogen-bond acceptors (Lipinski definition) is 3. The average Bonchev–Trinajstić information content (AvgIpc) is 2.86. The summed E-state index contributed by atoms with van der Waals surface area (Å²) < 4.78 is 0. The van der Waals surface area contributed by atoms with E-state index in [-0.39, 0.29) is 30.0 Å². The molecular weight excluding hydrogens is 348 g/mol. The molecule has 3 N–H and O–H groups in total. The van der Waals surface area contributed by atoms with Crippen LogP contribution in [0.4, 0.5) is 0 Å². The quantitative estimate of drug-likeness (QED) is 0.587. The fourth-order valence-corrected chi connectivity index (χ4v) is 5.16. The second-order valence-corrected chi connectivity index (χ2v) is 9.64. The van der Waals surface area contributed by atoms with Gasteiger partial charge in [-0.3, -0.25) is 0 Å². The molecule has 0 bridgehead atoms. The van der Waals surface area contributed by atoms with Gasteiger partial charge in [0.05, 0.1) is 18.8 Å². The van der Waals surface area contributed by atoms with Gasteiger partial charge in [-0.25, -0.2) is 0 Å².